The van der Waals surface area contributed by atoms with Crippen molar-refractivity contribution in [1.29, 1.82) is 0 Å². The van der Waals surface area contributed by atoms with Gasteiger partial charge >= 0.3 is 11.9 Å². The maximum absolute atomic E-state index is 12.2. The van der Waals surface area contributed by atoms with Crippen molar-refractivity contribution in [1.82, 2.24) is 5.32 Å². The van der Waals surface area contributed by atoms with Crippen molar-refractivity contribution in [2.45, 2.75) is 38.0 Å². The van der Waals surface area contributed by atoms with Crippen molar-refractivity contribution < 1.29 is 53.7 Å². The zero-order valence-electron chi connectivity index (χ0n) is 16.5. The standard InChI is InChI=1S/C14H20N4O13S/c1-7(19)12(21)16-10(6-32-11(20)3-2-9(15)13(22)23)14(24)29-4-8(31-18(27)28)5-30-17(25)26/h8-10H,2-6,15H2,1H3,(H,16,21)(H,22,23)/t8-,9-,10-/m0/s1. The van der Waals surface area contributed by atoms with Crippen LogP contribution in [0.1, 0.15) is 19.8 Å². The van der Waals surface area contributed by atoms with Crippen molar-refractivity contribution in [3.63, 3.8) is 0 Å². The molecular formula is C14H20N4O13S. The maximum atomic E-state index is 12.2. The van der Waals surface area contributed by atoms with Gasteiger partial charge in [-0.05, 0) is 6.42 Å². The van der Waals surface area contributed by atoms with E-state index < -0.39 is 76.1 Å². The van der Waals surface area contributed by atoms with Crippen LogP contribution in [0, 0.1) is 20.2 Å². The third kappa shape index (κ3) is 12.9. The summed E-state index contributed by atoms with van der Waals surface area (Å²) in [5, 5.41) is 28.2. The van der Waals surface area contributed by atoms with Crippen LogP contribution >= 0.6 is 11.8 Å². The molecule has 4 N–H and O–H groups in total. The Labute approximate surface area is 183 Å². The summed E-state index contributed by atoms with van der Waals surface area (Å²) in [4.78, 5) is 86.1. The fourth-order valence-corrected chi connectivity index (χ4v) is 2.56. The van der Waals surface area contributed by atoms with E-state index in [1.54, 1.807) is 0 Å². The van der Waals surface area contributed by atoms with Crippen LogP contribution in [0.3, 0.4) is 0 Å². The monoisotopic (exact) mass is 484 g/mol. The number of nitrogens with one attached hydrogen (secondary N) is 1. The minimum atomic E-state index is -1.68. The Bertz CT molecular complexity index is 746. The summed E-state index contributed by atoms with van der Waals surface area (Å²) in [5.41, 5.74) is 5.27. The second-order valence-electron chi connectivity index (χ2n) is 5.85. The third-order valence-electron chi connectivity index (χ3n) is 3.31. The van der Waals surface area contributed by atoms with Crippen molar-refractivity contribution in [2.75, 3.05) is 19.0 Å². The predicted molar refractivity (Wildman–Crippen MR) is 101 cm³/mol. The lowest BCUT2D eigenvalue weighted by molar-refractivity contribution is -0.790. The lowest BCUT2D eigenvalue weighted by Gasteiger charge is -2.19. The van der Waals surface area contributed by atoms with Crippen LogP contribution < -0.4 is 11.1 Å². The SMILES string of the molecule is CC(=O)C(=O)N[C@@H](CSC(=O)CC[C@H](N)C(=O)O)C(=O)OC[C@@H](CO[N+](=O)[O-])O[N+](=O)[O-]. The molecule has 32 heavy (non-hydrogen) atoms. The molecule has 0 aromatic carbocycles. The maximum Gasteiger partial charge on any atom is 0.329 e. The van der Waals surface area contributed by atoms with Gasteiger partial charge in [0, 0.05) is 19.1 Å². The van der Waals surface area contributed by atoms with Gasteiger partial charge in [-0.1, -0.05) is 11.8 Å². The zero-order valence-corrected chi connectivity index (χ0v) is 17.3. The van der Waals surface area contributed by atoms with Crippen LogP contribution in [0.25, 0.3) is 0 Å². The molecule has 0 spiro atoms. The molecule has 1 amide bonds. The van der Waals surface area contributed by atoms with Crippen LogP contribution in [0.15, 0.2) is 0 Å². The normalized spacial score (nSPS) is 13.1. The molecule has 0 aromatic rings. The minimum Gasteiger partial charge on any atom is -0.480 e. The summed E-state index contributed by atoms with van der Waals surface area (Å²) in [5.74, 6) is -5.15. The molecule has 0 saturated heterocycles. The minimum absolute atomic E-state index is 0.188. The molecule has 0 unspecified atom stereocenters. The summed E-state index contributed by atoms with van der Waals surface area (Å²) >= 11 is 0.512. The number of nitrogens with two attached hydrogens (primary N) is 1. The second kappa shape index (κ2) is 14.5. The first-order valence-corrected chi connectivity index (χ1v) is 9.52. The van der Waals surface area contributed by atoms with Gasteiger partial charge in [0.15, 0.2) is 11.2 Å². The summed E-state index contributed by atoms with van der Waals surface area (Å²) in [7, 11) is 0. The van der Waals surface area contributed by atoms with Crippen LogP contribution in [-0.4, -0.2) is 81.2 Å². The van der Waals surface area contributed by atoms with E-state index in [0.29, 0.717) is 11.8 Å². The number of hydrogen-bond donors (Lipinski definition) is 3. The van der Waals surface area contributed by atoms with Gasteiger partial charge in [0.25, 0.3) is 16.1 Å². The Hall–Kier alpha value is -3.54. The van der Waals surface area contributed by atoms with Gasteiger partial charge in [-0.15, -0.1) is 20.2 Å². The highest BCUT2D eigenvalue weighted by atomic mass is 32.2. The highest BCUT2D eigenvalue weighted by molar-refractivity contribution is 8.13. The number of hydrogen-bond acceptors (Lipinski definition) is 14. The van der Waals surface area contributed by atoms with Crippen molar-refractivity contribution in [2.24, 2.45) is 5.73 Å². The smallest absolute Gasteiger partial charge is 0.329 e. The zero-order chi connectivity index (χ0) is 24.8. The number of ketones is 1. The Balaban J connectivity index is 4.99. The first-order chi connectivity index (χ1) is 14.8. The van der Waals surface area contributed by atoms with Gasteiger partial charge in [0.05, 0.1) is 0 Å². The summed E-state index contributed by atoms with van der Waals surface area (Å²) < 4.78 is 4.72. The summed E-state index contributed by atoms with van der Waals surface area (Å²) in [6.45, 7) is -0.950. The average Bonchev–Trinajstić information content (AvgIpc) is 2.69. The van der Waals surface area contributed by atoms with Crippen LogP contribution in [0.2, 0.25) is 0 Å². The number of carboxylic acid groups (broad SMARTS) is 1. The first-order valence-electron chi connectivity index (χ1n) is 8.54. The van der Waals surface area contributed by atoms with Gasteiger partial charge in [-0.3, -0.25) is 19.2 Å². The Kier molecular flexibility index (Phi) is 12.9. The molecule has 0 rings (SSSR count). The summed E-state index contributed by atoms with van der Waals surface area (Å²) in [6.07, 6.45) is -2.14. The second-order valence-corrected chi connectivity index (χ2v) is 6.93. The number of esters is 1. The van der Waals surface area contributed by atoms with Gasteiger partial charge in [-0.2, -0.15) is 0 Å². The van der Waals surface area contributed by atoms with E-state index in [1.807, 2.05) is 5.32 Å². The highest BCUT2D eigenvalue weighted by Gasteiger charge is 2.27. The number of nitrogens with zero attached hydrogens (tertiary/aromatic N) is 2. The number of ether oxygens (including phenoxy) is 1. The van der Waals surface area contributed by atoms with Crippen LogP contribution in [-0.2, 0) is 38.4 Å². The van der Waals surface area contributed by atoms with E-state index in [0.717, 1.165) is 6.92 Å². The fourth-order valence-electron chi connectivity index (χ4n) is 1.72. The highest BCUT2D eigenvalue weighted by Crippen LogP contribution is 2.12. The van der Waals surface area contributed by atoms with Crippen molar-refractivity contribution in [3.8, 4) is 0 Å². The van der Waals surface area contributed by atoms with E-state index in [4.69, 9.17) is 15.6 Å². The van der Waals surface area contributed by atoms with Gasteiger partial charge < -0.3 is 30.6 Å². The van der Waals surface area contributed by atoms with Crippen molar-refractivity contribution in [3.05, 3.63) is 20.2 Å². The Morgan fingerprint density at radius 3 is 2.25 bits per heavy atom. The molecule has 0 saturated carbocycles. The molecule has 3 atom stereocenters. The first kappa shape index (κ1) is 28.5. The molecule has 0 heterocycles. The molecule has 0 aliphatic heterocycles. The van der Waals surface area contributed by atoms with E-state index in [2.05, 4.69) is 9.68 Å². The molecule has 18 heteroatoms. The lowest BCUT2D eigenvalue weighted by Crippen LogP contribution is -2.46. The topological polar surface area (TPSA) is 258 Å². The largest absolute Gasteiger partial charge is 0.480 e. The quantitative estimate of drug-likeness (QED) is 0.0911. The van der Waals surface area contributed by atoms with E-state index in [1.165, 1.54) is 0 Å². The summed E-state index contributed by atoms with van der Waals surface area (Å²) in [6, 6.07) is -2.85. The number of rotatable bonds is 16. The number of carboxylic acids is 1. The number of thioether (sulfide) groups is 1. The van der Waals surface area contributed by atoms with Crippen molar-refractivity contribution >= 4 is 40.5 Å². The Morgan fingerprint density at radius 2 is 1.75 bits per heavy atom. The van der Waals surface area contributed by atoms with E-state index >= 15 is 0 Å². The van der Waals surface area contributed by atoms with E-state index in [9.17, 15) is 44.2 Å². The number of aliphatic carboxylic acids is 1. The van der Waals surface area contributed by atoms with Crippen LogP contribution in [0.4, 0.5) is 0 Å². The molecule has 0 aliphatic rings. The lowest BCUT2D eigenvalue weighted by atomic mass is 10.2. The molecule has 0 aromatic heterocycles. The van der Waals surface area contributed by atoms with Gasteiger partial charge in [0.1, 0.15) is 25.3 Å². The number of Topliss-reactive ketones (excluding diaryl/α,β-unsaturated/α-hetero) is 1. The van der Waals surface area contributed by atoms with Gasteiger partial charge in [0.2, 0.25) is 5.78 Å². The fraction of sp³-hybridized carbons (Fsp3) is 0.643. The molecular weight excluding hydrogens is 464 g/mol. The van der Waals surface area contributed by atoms with Gasteiger partial charge in [-0.25, -0.2) is 4.79 Å². The predicted octanol–water partition coefficient (Wildman–Crippen LogP) is -2.16. The number of carbonyl (C=O) groups is 5. The molecule has 180 valence electrons. The number of carbonyl (C=O) groups excluding carboxylic acids is 4. The third-order valence-corrected chi connectivity index (χ3v) is 4.34. The van der Waals surface area contributed by atoms with Crippen LogP contribution in [0.5, 0.6) is 0 Å². The average molecular weight is 484 g/mol. The Morgan fingerprint density at radius 1 is 1.12 bits per heavy atom. The molecule has 0 aliphatic carbocycles. The molecule has 17 nitrogen and oxygen atoms in total. The van der Waals surface area contributed by atoms with E-state index in [-0.39, 0.29) is 12.8 Å². The number of amides is 1. The molecule has 0 fully saturated rings. The molecule has 0 radical (unpaired) electrons. The molecule has 0 bridgehead atoms.